The minimum Gasteiger partial charge on any atom is -0.465 e. The van der Waals surface area contributed by atoms with Crippen LogP contribution >= 0.6 is 22.7 Å². The Balaban J connectivity index is 1.47. The number of rotatable bonds is 5. The number of amides is 2. The number of nitrogens with one attached hydrogen (secondary N) is 1. The van der Waals surface area contributed by atoms with Crippen LogP contribution in [0.5, 0.6) is 11.5 Å². The predicted octanol–water partition coefficient (Wildman–Crippen LogP) is 5.16. The summed E-state index contributed by atoms with van der Waals surface area (Å²) in [5, 5.41) is 23.8. The van der Waals surface area contributed by atoms with E-state index in [2.05, 4.69) is 11.4 Å². The second kappa shape index (κ2) is 9.04. The van der Waals surface area contributed by atoms with Gasteiger partial charge in [0.05, 0.1) is 17.0 Å². The minimum absolute atomic E-state index is 0.227. The highest BCUT2D eigenvalue weighted by Gasteiger charge is 2.27. The summed E-state index contributed by atoms with van der Waals surface area (Å²) in [5.41, 5.74) is 1.23. The quantitative estimate of drug-likeness (QED) is 0.522. The van der Waals surface area contributed by atoms with Crippen molar-refractivity contribution in [2.75, 3.05) is 11.9 Å². The Kier molecular flexibility index (Phi) is 6.02. The van der Waals surface area contributed by atoms with E-state index in [1.54, 1.807) is 6.08 Å². The smallest absolute Gasteiger partial charge is 0.407 e. The van der Waals surface area contributed by atoms with Crippen molar-refractivity contribution in [2.45, 2.75) is 13.0 Å². The number of nitriles is 1. The fraction of sp³-hybridized carbons (Fsp3) is 0.136. The number of carbonyl (C=O) groups is 2. The third kappa shape index (κ3) is 4.60. The van der Waals surface area contributed by atoms with Crippen LogP contribution in [-0.4, -0.2) is 28.6 Å². The van der Waals surface area contributed by atoms with Crippen LogP contribution in [0.3, 0.4) is 0 Å². The summed E-state index contributed by atoms with van der Waals surface area (Å²) in [6.45, 7) is 0.564. The number of fused-ring (bicyclic) bond motifs is 1. The lowest BCUT2D eigenvalue weighted by molar-refractivity contribution is -0.111. The SMILES string of the molecule is N#Cc1c(NC(=O)C=Cc2sccc2Oc2ccccc2)sc2c1CCN(C(=O)O)C2. The van der Waals surface area contributed by atoms with E-state index in [4.69, 9.17) is 4.74 Å². The molecular formula is C22H17N3O4S2. The lowest BCUT2D eigenvalue weighted by Crippen LogP contribution is -2.34. The van der Waals surface area contributed by atoms with E-state index in [1.807, 2.05) is 41.8 Å². The van der Waals surface area contributed by atoms with Gasteiger partial charge in [-0.2, -0.15) is 5.26 Å². The molecule has 31 heavy (non-hydrogen) atoms. The lowest BCUT2D eigenvalue weighted by Gasteiger charge is -2.23. The fourth-order valence-electron chi connectivity index (χ4n) is 3.21. The molecule has 2 N–H and O–H groups in total. The van der Waals surface area contributed by atoms with Crippen LogP contribution in [0.2, 0.25) is 0 Å². The second-order valence-corrected chi connectivity index (χ2v) is 8.71. The van der Waals surface area contributed by atoms with E-state index in [9.17, 15) is 20.0 Å². The van der Waals surface area contributed by atoms with Crippen molar-refractivity contribution in [3.63, 3.8) is 0 Å². The molecule has 1 aliphatic rings. The zero-order chi connectivity index (χ0) is 21.8. The molecule has 1 aliphatic heterocycles. The maximum absolute atomic E-state index is 12.5. The maximum Gasteiger partial charge on any atom is 0.407 e. The van der Waals surface area contributed by atoms with Gasteiger partial charge in [-0.25, -0.2) is 4.79 Å². The van der Waals surface area contributed by atoms with Crippen LogP contribution in [-0.2, 0) is 17.8 Å². The molecule has 4 rings (SSSR count). The maximum atomic E-state index is 12.5. The Morgan fingerprint density at radius 1 is 1.26 bits per heavy atom. The van der Waals surface area contributed by atoms with Gasteiger partial charge in [0.1, 0.15) is 22.6 Å². The number of anilines is 1. The summed E-state index contributed by atoms with van der Waals surface area (Å²) in [4.78, 5) is 26.6. The summed E-state index contributed by atoms with van der Waals surface area (Å²) in [6.07, 6.45) is 2.54. The van der Waals surface area contributed by atoms with Gasteiger partial charge in [-0.15, -0.1) is 22.7 Å². The first kappa shape index (κ1) is 20.7. The van der Waals surface area contributed by atoms with Gasteiger partial charge < -0.3 is 20.1 Å². The Morgan fingerprint density at radius 3 is 2.81 bits per heavy atom. The van der Waals surface area contributed by atoms with Crippen LogP contribution in [0.15, 0.2) is 47.9 Å². The number of para-hydroxylation sites is 1. The Morgan fingerprint density at radius 2 is 2.06 bits per heavy atom. The molecule has 0 saturated carbocycles. The van der Waals surface area contributed by atoms with Crippen LogP contribution < -0.4 is 10.1 Å². The topological polar surface area (TPSA) is 103 Å². The van der Waals surface area contributed by atoms with Crippen molar-refractivity contribution in [3.8, 4) is 17.6 Å². The molecule has 0 unspecified atom stereocenters. The van der Waals surface area contributed by atoms with Gasteiger partial charge in [0, 0.05) is 17.5 Å². The summed E-state index contributed by atoms with van der Waals surface area (Å²) in [6, 6.07) is 13.4. The first-order valence-electron chi connectivity index (χ1n) is 9.37. The minimum atomic E-state index is -0.990. The number of hydrogen-bond acceptors (Lipinski definition) is 6. The normalized spacial score (nSPS) is 12.9. The monoisotopic (exact) mass is 451 g/mol. The van der Waals surface area contributed by atoms with Crippen LogP contribution in [0, 0.1) is 11.3 Å². The molecule has 3 heterocycles. The molecule has 7 nitrogen and oxygen atoms in total. The molecule has 156 valence electrons. The number of benzene rings is 1. The van der Waals surface area contributed by atoms with E-state index >= 15 is 0 Å². The average molecular weight is 452 g/mol. The third-order valence-electron chi connectivity index (χ3n) is 4.69. The highest BCUT2D eigenvalue weighted by atomic mass is 32.1. The number of carboxylic acid groups (broad SMARTS) is 1. The number of hydrogen-bond donors (Lipinski definition) is 2. The zero-order valence-corrected chi connectivity index (χ0v) is 17.8. The van der Waals surface area contributed by atoms with Gasteiger partial charge >= 0.3 is 6.09 Å². The summed E-state index contributed by atoms with van der Waals surface area (Å²) in [5.74, 6) is 0.987. The Labute approximate surface area is 186 Å². The van der Waals surface area contributed by atoms with Crippen molar-refractivity contribution in [1.82, 2.24) is 4.90 Å². The van der Waals surface area contributed by atoms with Crippen molar-refractivity contribution < 1.29 is 19.4 Å². The number of nitrogens with zero attached hydrogens (tertiary/aromatic N) is 2. The first-order chi connectivity index (χ1) is 15.0. The van der Waals surface area contributed by atoms with E-state index in [0.717, 1.165) is 15.3 Å². The molecule has 0 saturated heterocycles. The first-order valence-corrected chi connectivity index (χ1v) is 11.1. The van der Waals surface area contributed by atoms with Crippen LogP contribution in [0.1, 0.15) is 20.9 Å². The molecule has 3 aromatic rings. The van der Waals surface area contributed by atoms with Crippen molar-refractivity contribution in [2.24, 2.45) is 0 Å². The third-order valence-corrected chi connectivity index (χ3v) is 6.69. The lowest BCUT2D eigenvalue weighted by atomic mass is 10.0. The molecule has 2 aromatic heterocycles. The second-order valence-electron chi connectivity index (χ2n) is 6.66. The summed E-state index contributed by atoms with van der Waals surface area (Å²) in [7, 11) is 0. The Hall–Kier alpha value is -3.61. The molecule has 9 heteroatoms. The molecule has 0 radical (unpaired) electrons. The van der Waals surface area contributed by atoms with Crippen molar-refractivity contribution in [3.05, 3.63) is 68.7 Å². The van der Waals surface area contributed by atoms with Crippen LogP contribution in [0.25, 0.3) is 6.08 Å². The number of ether oxygens (including phenoxy) is 1. The highest BCUT2D eigenvalue weighted by Crippen LogP contribution is 2.37. The van der Waals surface area contributed by atoms with Gasteiger partial charge in [0.15, 0.2) is 0 Å². The molecule has 0 fully saturated rings. The molecule has 2 amide bonds. The molecular weight excluding hydrogens is 434 g/mol. The van der Waals surface area contributed by atoms with Gasteiger partial charge in [-0.1, -0.05) is 18.2 Å². The molecule has 0 aliphatic carbocycles. The van der Waals surface area contributed by atoms with E-state index in [1.165, 1.54) is 33.6 Å². The van der Waals surface area contributed by atoms with Gasteiger partial charge in [-0.05, 0) is 41.6 Å². The standard InChI is InChI=1S/C22H17N3O4S2/c23-12-16-15-8-10-25(22(27)28)13-19(15)31-21(16)24-20(26)7-6-18-17(9-11-30-18)29-14-4-2-1-3-5-14/h1-7,9,11H,8,10,13H2,(H,24,26)(H,27,28). The van der Waals surface area contributed by atoms with Gasteiger partial charge in [0.25, 0.3) is 0 Å². The fourth-order valence-corrected chi connectivity index (χ4v) is 5.14. The molecule has 0 bridgehead atoms. The highest BCUT2D eigenvalue weighted by molar-refractivity contribution is 7.16. The number of thiophene rings is 2. The summed E-state index contributed by atoms with van der Waals surface area (Å²) < 4.78 is 5.85. The van der Waals surface area contributed by atoms with Crippen molar-refractivity contribution in [1.29, 1.82) is 5.26 Å². The largest absolute Gasteiger partial charge is 0.465 e. The van der Waals surface area contributed by atoms with Crippen LogP contribution in [0.4, 0.5) is 9.80 Å². The van der Waals surface area contributed by atoms with Crippen molar-refractivity contribution >= 4 is 45.8 Å². The van der Waals surface area contributed by atoms with E-state index in [0.29, 0.717) is 35.0 Å². The number of carbonyl (C=O) groups excluding carboxylic acids is 1. The zero-order valence-electron chi connectivity index (χ0n) is 16.2. The molecule has 0 spiro atoms. The molecule has 1 aromatic carbocycles. The predicted molar refractivity (Wildman–Crippen MR) is 120 cm³/mol. The molecule has 0 atom stereocenters. The van der Waals surface area contributed by atoms with E-state index in [-0.39, 0.29) is 12.5 Å². The summed E-state index contributed by atoms with van der Waals surface area (Å²) >= 11 is 2.70. The Bertz CT molecular complexity index is 1190. The van der Waals surface area contributed by atoms with Gasteiger partial charge in [0.2, 0.25) is 5.91 Å². The average Bonchev–Trinajstić information content (AvgIpc) is 3.35. The van der Waals surface area contributed by atoms with E-state index < -0.39 is 6.09 Å². The van der Waals surface area contributed by atoms with Gasteiger partial charge in [-0.3, -0.25) is 4.79 Å².